The lowest BCUT2D eigenvalue weighted by Gasteiger charge is -2.45. The van der Waals surface area contributed by atoms with Gasteiger partial charge < -0.3 is 8.83 Å². The smallest absolute Gasteiger partial charge is 0.137 e. The molecule has 2 heterocycles. The number of fused-ring (bicyclic) bond motifs is 2. The largest absolute Gasteiger partial charge is 0.464 e. The maximum atomic E-state index is 6.44. The van der Waals surface area contributed by atoms with Crippen molar-refractivity contribution in [3.63, 3.8) is 0 Å². The second-order valence-corrected chi connectivity index (χ2v) is 32.8. The third-order valence-corrected chi connectivity index (χ3v) is 30.9. The van der Waals surface area contributed by atoms with Crippen LogP contribution in [0.1, 0.15) is 155 Å². The number of hydrogen-bond acceptors (Lipinski definition) is 3. The average Bonchev–Trinajstić information content (AvgIpc) is 4.05. The summed E-state index contributed by atoms with van der Waals surface area (Å²) in [5.74, 6) is 0. The summed E-state index contributed by atoms with van der Waals surface area (Å²) in [5, 5.41) is 8.75. The van der Waals surface area contributed by atoms with Crippen LogP contribution in [0.2, 0.25) is 36.3 Å². The molecule has 0 bridgehead atoms. The number of rotatable bonds is 27. The minimum atomic E-state index is -1.63. The van der Waals surface area contributed by atoms with Crippen molar-refractivity contribution in [3.05, 3.63) is 121 Å². The van der Waals surface area contributed by atoms with Crippen molar-refractivity contribution >= 4 is 75.9 Å². The standard InChI is InChI=1S/C58H83NO2P2Si2/c1-7-13-41-64(42-14-8-2,43-15-9-3)51-32-28-49(29-33-51)63(50-30-34-52(35-31-50)65(44-16-10-4,45-17-11-5)46-18-12-6)59-62-55-27-19-20-38-58(55,53-25-21-23-47-36-39-60-56(47)53)54-26-22-24-48-37-40-61-57(48)54/h21-26,28-37,39-40,55,59,62H,7-20,27,38,41-46H2,1-6H3. The van der Waals surface area contributed by atoms with Crippen LogP contribution in [0.4, 0.5) is 0 Å². The second-order valence-electron chi connectivity index (χ2n) is 19.9. The minimum absolute atomic E-state index is 0.251. The predicted molar refractivity (Wildman–Crippen MR) is 295 cm³/mol. The maximum Gasteiger partial charge on any atom is 0.137 e. The number of unbranched alkanes of at least 4 members (excludes halogenated alkanes) is 6. The molecule has 0 amide bonds. The normalized spacial score (nSPS) is 15.9. The zero-order valence-corrected chi connectivity index (χ0v) is 45.2. The van der Waals surface area contributed by atoms with Crippen molar-refractivity contribution in [1.29, 1.82) is 0 Å². The molecule has 3 nitrogen and oxygen atoms in total. The molecule has 4 aromatic carbocycles. The fourth-order valence-electron chi connectivity index (χ4n) is 11.9. The second kappa shape index (κ2) is 24.5. The number of furan rings is 2. The van der Waals surface area contributed by atoms with Gasteiger partial charge in [0.1, 0.15) is 11.2 Å². The summed E-state index contributed by atoms with van der Waals surface area (Å²) in [6, 6.07) is 47.5. The van der Waals surface area contributed by atoms with Gasteiger partial charge in [-0.05, 0) is 44.3 Å². The van der Waals surface area contributed by atoms with Gasteiger partial charge >= 0.3 is 0 Å². The molecular formula is C58H83NO2P2Si2. The molecule has 2 aromatic heterocycles. The Hall–Kier alpha value is -2.79. The van der Waals surface area contributed by atoms with E-state index < -0.39 is 24.2 Å². The summed E-state index contributed by atoms with van der Waals surface area (Å²) in [4.78, 5) is 4.48. The van der Waals surface area contributed by atoms with Gasteiger partial charge in [0.15, 0.2) is 0 Å². The van der Waals surface area contributed by atoms with E-state index in [1.54, 1.807) is 10.4 Å². The van der Waals surface area contributed by atoms with Crippen LogP contribution in [-0.2, 0) is 5.41 Å². The van der Waals surface area contributed by atoms with Crippen LogP contribution in [0.3, 0.4) is 0 Å². The Labute approximate surface area is 399 Å². The highest BCUT2D eigenvalue weighted by Crippen LogP contribution is 2.55. The molecule has 0 radical (unpaired) electrons. The van der Waals surface area contributed by atoms with E-state index in [9.17, 15) is 0 Å². The van der Waals surface area contributed by atoms with Crippen LogP contribution in [0.15, 0.2) is 118 Å². The molecular weight excluding hydrogens is 861 g/mol. The van der Waals surface area contributed by atoms with E-state index in [4.69, 9.17) is 8.83 Å². The van der Waals surface area contributed by atoms with Crippen molar-refractivity contribution in [2.75, 3.05) is 0 Å². The molecule has 7 heteroatoms. The van der Waals surface area contributed by atoms with E-state index in [0.29, 0.717) is 14.4 Å². The monoisotopic (exact) mass is 944 g/mol. The highest BCUT2D eigenvalue weighted by molar-refractivity contribution is 7.76. The van der Waals surface area contributed by atoms with E-state index in [1.165, 1.54) is 165 Å². The van der Waals surface area contributed by atoms with E-state index in [-0.39, 0.29) is 5.41 Å². The molecule has 1 saturated carbocycles. The van der Waals surface area contributed by atoms with Gasteiger partial charge in [-0.2, -0.15) is 0 Å². The lowest BCUT2D eigenvalue weighted by atomic mass is 9.64. The van der Waals surface area contributed by atoms with E-state index in [0.717, 1.165) is 17.6 Å². The quantitative estimate of drug-likeness (QED) is 0.0413. The zero-order valence-electron chi connectivity index (χ0n) is 41.3. The van der Waals surface area contributed by atoms with Crippen LogP contribution in [-0.4, -0.2) is 21.8 Å². The van der Waals surface area contributed by atoms with Gasteiger partial charge in [0.05, 0.1) is 28.7 Å². The molecule has 2 atom stereocenters. The molecule has 1 fully saturated rings. The fraction of sp³-hybridized carbons (Fsp3) is 0.517. The predicted octanol–water partition coefficient (Wildman–Crippen LogP) is 16.8. The van der Waals surface area contributed by atoms with Gasteiger partial charge in [0.2, 0.25) is 0 Å². The van der Waals surface area contributed by atoms with E-state index in [2.05, 4.69) is 143 Å². The maximum absolute atomic E-state index is 6.44. The van der Waals surface area contributed by atoms with Crippen LogP contribution in [0.5, 0.6) is 0 Å². The van der Waals surface area contributed by atoms with Crippen molar-refractivity contribution < 1.29 is 8.83 Å². The molecule has 65 heavy (non-hydrogen) atoms. The highest BCUT2D eigenvalue weighted by Gasteiger charge is 2.47. The van der Waals surface area contributed by atoms with Crippen LogP contribution in [0, 0.1) is 0 Å². The van der Waals surface area contributed by atoms with Gasteiger partial charge in [-0.15, -0.1) is 0 Å². The molecule has 350 valence electrons. The van der Waals surface area contributed by atoms with Crippen molar-refractivity contribution in [1.82, 2.24) is 4.86 Å². The first-order valence-corrected chi connectivity index (χ1v) is 34.0. The molecule has 7 rings (SSSR count). The summed E-state index contributed by atoms with van der Waals surface area (Å²) in [6.45, 7) is 14.3. The number of nitrogens with one attached hydrogen (secondary N) is 1. The topological polar surface area (TPSA) is 38.3 Å². The summed E-state index contributed by atoms with van der Waals surface area (Å²) < 4.78 is 12.9. The van der Waals surface area contributed by atoms with Gasteiger partial charge in [-0.1, -0.05) is 263 Å². The number of para-hydroxylation sites is 2. The molecule has 6 aromatic rings. The minimum Gasteiger partial charge on any atom is -0.464 e. The molecule has 2 unspecified atom stereocenters. The third-order valence-electron chi connectivity index (χ3n) is 15.7. The van der Waals surface area contributed by atoms with Crippen molar-refractivity contribution in [2.45, 2.75) is 192 Å². The lowest BCUT2D eigenvalue weighted by Crippen LogP contribution is -2.48. The van der Waals surface area contributed by atoms with Crippen LogP contribution in [0.25, 0.3) is 21.9 Å². The van der Waals surface area contributed by atoms with Gasteiger partial charge in [-0.25, -0.2) is 0 Å². The molecule has 0 spiro atoms. The van der Waals surface area contributed by atoms with Gasteiger partial charge in [0.25, 0.3) is 0 Å². The van der Waals surface area contributed by atoms with E-state index in [1.807, 2.05) is 12.5 Å². The Morgan fingerprint density at radius 2 is 0.923 bits per heavy atom. The highest BCUT2D eigenvalue weighted by atomic mass is 31.2. The number of hydrogen-bond donors (Lipinski definition) is 1. The Kier molecular flexibility index (Phi) is 18.9. The first-order valence-electron chi connectivity index (χ1n) is 26.4. The Balaban J connectivity index is 1.32. The molecule has 0 aliphatic heterocycles. The lowest BCUT2D eigenvalue weighted by molar-refractivity contribution is 0.353. The first-order chi connectivity index (χ1) is 31.9. The third kappa shape index (κ3) is 11.2. The summed E-state index contributed by atoms with van der Waals surface area (Å²) in [7, 11) is -3.52. The summed E-state index contributed by atoms with van der Waals surface area (Å²) in [6.07, 6.45) is 24.4. The van der Waals surface area contributed by atoms with Crippen LogP contribution >= 0.6 is 16.8 Å². The first kappa shape index (κ1) is 50.1. The molecule has 1 aliphatic carbocycles. The zero-order chi connectivity index (χ0) is 45.5. The van der Waals surface area contributed by atoms with E-state index >= 15 is 0 Å². The Bertz CT molecular complexity index is 2120. The van der Waals surface area contributed by atoms with Gasteiger partial charge in [0, 0.05) is 41.0 Å². The Morgan fingerprint density at radius 1 is 0.523 bits per heavy atom. The molecule has 0 saturated heterocycles. The summed E-state index contributed by atoms with van der Waals surface area (Å²) in [5.41, 5.74) is 4.83. The fourth-order valence-corrected chi connectivity index (χ4v) is 27.5. The van der Waals surface area contributed by atoms with Gasteiger partial charge in [-0.3, -0.25) is 4.86 Å². The number of benzene rings is 4. The van der Waals surface area contributed by atoms with Crippen LogP contribution < -0.4 is 25.8 Å². The van der Waals surface area contributed by atoms with Crippen molar-refractivity contribution in [3.8, 4) is 0 Å². The average molecular weight is 944 g/mol. The Morgan fingerprint density at radius 3 is 1.31 bits per heavy atom. The summed E-state index contributed by atoms with van der Waals surface area (Å²) >= 11 is 0. The molecule has 1 aliphatic rings. The SMILES string of the molecule is CCCC[Si](CCCC)(CCCC)c1ccc(P(NPC2CCCCC2(c2cccc3ccoc23)c2cccc3ccoc23)c2ccc([Si](CCCC)(CCCC)CCCC)cc2)cc1. The molecule has 1 N–H and O–H groups in total. The van der Waals surface area contributed by atoms with Crippen molar-refractivity contribution in [2.24, 2.45) is 0 Å².